The third-order valence-corrected chi connectivity index (χ3v) is 3.55. The highest BCUT2D eigenvalue weighted by Crippen LogP contribution is 2.21. The minimum Gasteiger partial charge on any atom is -0.393 e. The van der Waals surface area contributed by atoms with Crippen LogP contribution in [0.1, 0.15) is 27.2 Å². The van der Waals surface area contributed by atoms with E-state index in [0.717, 1.165) is 11.3 Å². The molecule has 0 spiro atoms. The largest absolute Gasteiger partial charge is 0.393 e. The van der Waals surface area contributed by atoms with Crippen LogP contribution in [0, 0.1) is 5.41 Å². The first-order chi connectivity index (χ1) is 11.4. The molecule has 3 N–H and O–H groups in total. The first kappa shape index (κ1) is 17.9. The summed E-state index contributed by atoms with van der Waals surface area (Å²) in [5.74, 6) is 0.389. The van der Waals surface area contributed by atoms with Crippen molar-refractivity contribution in [2.75, 3.05) is 11.9 Å². The van der Waals surface area contributed by atoms with Gasteiger partial charge >= 0.3 is 6.03 Å². The lowest BCUT2D eigenvalue weighted by Crippen LogP contribution is -2.38. The number of nitrogens with one attached hydrogen (secondary N) is 2. The summed E-state index contributed by atoms with van der Waals surface area (Å²) in [6.45, 7) is 6.19. The highest BCUT2D eigenvalue weighted by Gasteiger charge is 2.21. The van der Waals surface area contributed by atoms with Crippen LogP contribution in [0.2, 0.25) is 0 Å². The second kappa shape index (κ2) is 7.88. The molecule has 6 heteroatoms. The van der Waals surface area contributed by atoms with Crippen molar-refractivity contribution in [1.82, 2.24) is 15.5 Å². The number of aromatic nitrogens is 2. The number of aliphatic hydroxyl groups excluding tert-OH is 1. The van der Waals surface area contributed by atoms with Crippen LogP contribution in [0.3, 0.4) is 0 Å². The Morgan fingerprint density at radius 1 is 1.17 bits per heavy atom. The van der Waals surface area contributed by atoms with Crippen molar-refractivity contribution in [2.45, 2.75) is 33.3 Å². The number of carbonyl (C=O) groups excluding carboxylic acids is 1. The molecule has 128 valence electrons. The Hall–Kier alpha value is -2.47. The Balaban J connectivity index is 1.88. The SMILES string of the molecule is CC(O)CC(C)(C)CNC(=O)Nc1ccc(-c2ccccc2)nn1. The normalized spacial score (nSPS) is 12.5. The van der Waals surface area contributed by atoms with Gasteiger partial charge in [0.1, 0.15) is 0 Å². The Kier molecular flexibility index (Phi) is 5.87. The maximum absolute atomic E-state index is 11.9. The van der Waals surface area contributed by atoms with Crippen LogP contribution in [0.4, 0.5) is 10.6 Å². The van der Waals surface area contributed by atoms with Gasteiger partial charge < -0.3 is 10.4 Å². The molecule has 0 aliphatic heterocycles. The van der Waals surface area contributed by atoms with E-state index >= 15 is 0 Å². The Bertz CT molecular complexity index is 654. The van der Waals surface area contributed by atoms with Crippen LogP contribution in [-0.2, 0) is 0 Å². The Labute approximate surface area is 142 Å². The fourth-order valence-electron chi connectivity index (χ4n) is 2.51. The lowest BCUT2D eigenvalue weighted by Gasteiger charge is -2.26. The molecular weight excluding hydrogens is 304 g/mol. The van der Waals surface area contributed by atoms with Gasteiger partial charge in [0.15, 0.2) is 5.82 Å². The molecule has 2 rings (SSSR count). The van der Waals surface area contributed by atoms with Gasteiger partial charge in [-0.2, -0.15) is 0 Å². The molecule has 1 aromatic carbocycles. The number of urea groups is 1. The van der Waals surface area contributed by atoms with Crippen molar-refractivity contribution in [3.05, 3.63) is 42.5 Å². The Morgan fingerprint density at radius 3 is 2.46 bits per heavy atom. The molecule has 0 aliphatic carbocycles. The standard InChI is InChI=1S/C18H24N4O2/c1-13(23)11-18(2,3)12-19-17(24)20-16-10-9-15(21-22-16)14-7-5-4-6-8-14/h4-10,13,23H,11-12H2,1-3H3,(H2,19,20,22,24). The molecule has 2 aromatic rings. The molecule has 0 saturated carbocycles. The summed E-state index contributed by atoms with van der Waals surface area (Å²) in [6.07, 6.45) is 0.208. The summed E-state index contributed by atoms with van der Waals surface area (Å²) in [7, 11) is 0. The van der Waals surface area contributed by atoms with E-state index < -0.39 is 6.10 Å². The first-order valence-electron chi connectivity index (χ1n) is 7.98. The van der Waals surface area contributed by atoms with E-state index in [0.29, 0.717) is 18.8 Å². The van der Waals surface area contributed by atoms with E-state index in [2.05, 4.69) is 20.8 Å². The number of carbonyl (C=O) groups is 1. The van der Waals surface area contributed by atoms with Gasteiger partial charge in [-0.25, -0.2) is 4.79 Å². The zero-order valence-electron chi connectivity index (χ0n) is 14.3. The quantitative estimate of drug-likeness (QED) is 0.760. The van der Waals surface area contributed by atoms with Crippen LogP contribution >= 0.6 is 0 Å². The molecular formula is C18H24N4O2. The van der Waals surface area contributed by atoms with E-state index in [1.807, 2.05) is 50.2 Å². The molecule has 0 saturated heterocycles. The Morgan fingerprint density at radius 2 is 1.88 bits per heavy atom. The number of hydrogen-bond donors (Lipinski definition) is 3. The molecule has 6 nitrogen and oxygen atoms in total. The monoisotopic (exact) mass is 328 g/mol. The average Bonchev–Trinajstić information content (AvgIpc) is 2.53. The average molecular weight is 328 g/mol. The van der Waals surface area contributed by atoms with Crippen molar-refractivity contribution < 1.29 is 9.90 Å². The molecule has 1 unspecified atom stereocenters. The lowest BCUT2D eigenvalue weighted by molar-refractivity contribution is 0.129. The third-order valence-electron chi connectivity index (χ3n) is 3.55. The summed E-state index contributed by atoms with van der Waals surface area (Å²) < 4.78 is 0. The second-order valence-electron chi connectivity index (χ2n) is 6.69. The van der Waals surface area contributed by atoms with Gasteiger partial charge in [-0.1, -0.05) is 44.2 Å². The van der Waals surface area contributed by atoms with Gasteiger partial charge in [0, 0.05) is 12.1 Å². The van der Waals surface area contributed by atoms with E-state index in [4.69, 9.17) is 0 Å². The smallest absolute Gasteiger partial charge is 0.320 e. The molecule has 0 radical (unpaired) electrons. The van der Waals surface area contributed by atoms with E-state index in [9.17, 15) is 9.90 Å². The van der Waals surface area contributed by atoms with Gasteiger partial charge in [0.2, 0.25) is 0 Å². The molecule has 24 heavy (non-hydrogen) atoms. The predicted octanol–water partition coefficient (Wildman–Crippen LogP) is 3.06. The summed E-state index contributed by atoms with van der Waals surface area (Å²) in [5.41, 5.74) is 1.54. The molecule has 1 heterocycles. The number of anilines is 1. The van der Waals surface area contributed by atoms with Gasteiger partial charge in [-0.05, 0) is 30.9 Å². The highest BCUT2D eigenvalue weighted by molar-refractivity contribution is 5.88. The van der Waals surface area contributed by atoms with Crippen molar-refractivity contribution >= 4 is 11.8 Å². The summed E-state index contributed by atoms with van der Waals surface area (Å²) in [4.78, 5) is 11.9. The summed E-state index contributed by atoms with van der Waals surface area (Å²) >= 11 is 0. The maximum Gasteiger partial charge on any atom is 0.320 e. The first-order valence-corrected chi connectivity index (χ1v) is 7.98. The van der Waals surface area contributed by atoms with Gasteiger partial charge in [0.25, 0.3) is 0 Å². The maximum atomic E-state index is 11.9. The molecule has 0 fully saturated rings. The molecule has 2 amide bonds. The number of benzene rings is 1. The topological polar surface area (TPSA) is 87.1 Å². The van der Waals surface area contributed by atoms with Crippen molar-refractivity contribution in [3.63, 3.8) is 0 Å². The third kappa shape index (κ3) is 5.62. The number of aliphatic hydroxyl groups is 1. The summed E-state index contributed by atoms with van der Waals surface area (Å²) in [5, 5.41) is 23.1. The zero-order chi connectivity index (χ0) is 17.6. The molecule has 0 aliphatic rings. The van der Waals surface area contributed by atoms with E-state index in [-0.39, 0.29) is 11.4 Å². The van der Waals surface area contributed by atoms with Crippen molar-refractivity contribution in [3.8, 4) is 11.3 Å². The molecule has 1 aromatic heterocycles. The second-order valence-corrected chi connectivity index (χ2v) is 6.69. The molecule has 0 bridgehead atoms. The zero-order valence-corrected chi connectivity index (χ0v) is 14.3. The number of nitrogens with zero attached hydrogens (tertiary/aromatic N) is 2. The minimum atomic E-state index is -0.402. The van der Waals surface area contributed by atoms with Crippen LogP contribution in [0.15, 0.2) is 42.5 Å². The van der Waals surface area contributed by atoms with Gasteiger partial charge in [-0.15, -0.1) is 10.2 Å². The molecule has 1 atom stereocenters. The highest BCUT2D eigenvalue weighted by atomic mass is 16.3. The van der Waals surface area contributed by atoms with Crippen LogP contribution in [0.25, 0.3) is 11.3 Å². The number of amides is 2. The number of hydrogen-bond acceptors (Lipinski definition) is 4. The van der Waals surface area contributed by atoms with E-state index in [1.54, 1.807) is 13.0 Å². The van der Waals surface area contributed by atoms with Gasteiger partial charge in [0.05, 0.1) is 11.8 Å². The van der Waals surface area contributed by atoms with Crippen LogP contribution < -0.4 is 10.6 Å². The summed E-state index contributed by atoms with van der Waals surface area (Å²) in [6, 6.07) is 12.9. The predicted molar refractivity (Wildman–Crippen MR) is 94.6 cm³/mol. The fourth-order valence-corrected chi connectivity index (χ4v) is 2.51. The van der Waals surface area contributed by atoms with Gasteiger partial charge in [-0.3, -0.25) is 5.32 Å². The van der Waals surface area contributed by atoms with E-state index in [1.165, 1.54) is 0 Å². The van der Waals surface area contributed by atoms with Crippen molar-refractivity contribution in [2.24, 2.45) is 5.41 Å². The van der Waals surface area contributed by atoms with Crippen molar-refractivity contribution in [1.29, 1.82) is 0 Å². The number of rotatable bonds is 6. The fraction of sp³-hybridized carbons (Fsp3) is 0.389. The lowest BCUT2D eigenvalue weighted by atomic mass is 9.87. The van der Waals surface area contributed by atoms with Crippen LogP contribution in [0.5, 0.6) is 0 Å². The van der Waals surface area contributed by atoms with Crippen LogP contribution in [-0.4, -0.2) is 34.0 Å². The minimum absolute atomic E-state index is 0.186.